The van der Waals surface area contributed by atoms with Crippen LogP contribution in [-0.4, -0.2) is 54.5 Å². The molecule has 1 aliphatic rings. The van der Waals surface area contributed by atoms with Crippen molar-refractivity contribution in [3.05, 3.63) is 34.9 Å². The molecule has 0 saturated carbocycles. The first-order valence-electron chi connectivity index (χ1n) is 6.75. The number of carbonyl (C=O) groups is 2. The van der Waals surface area contributed by atoms with E-state index in [4.69, 9.17) is 11.6 Å². The number of carbonyl (C=O) groups excluding carboxylic acids is 2. The van der Waals surface area contributed by atoms with E-state index in [-0.39, 0.29) is 31.4 Å². The summed E-state index contributed by atoms with van der Waals surface area (Å²) in [6, 6.07) is 6.78. The highest BCUT2D eigenvalue weighted by Gasteiger charge is 2.20. The first-order valence-corrected chi connectivity index (χ1v) is 7.13. The van der Waals surface area contributed by atoms with Gasteiger partial charge < -0.3 is 20.6 Å². The van der Waals surface area contributed by atoms with Gasteiger partial charge in [0.05, 0.1) is 19.2 Å². The van der Waals surface area contributed by atoms with Crippen LogP contribution in [0.3, 0.4) is 0 Å². The zero-order chi connectivity index (χ0) is 15.2. The molecule has 1 saturated heterocycles. The molecule has 2 amide bonds. The lowest BCUT2D eigenvalue weighted by Crippen LogP contribution is -2.51. The Hall–Kier alpha value is -1.63. The Balaban J connectivity index is 1.78. The molecule has 3 N–H and O–H groups in total. The SMILES string of the molecule is O=C(CN1CCNCC1=O)NC[C@H](O)c1ccc(Cl)cc1. The van der Waals surface area contributed by atoms with Crippen molar-refractivity contribution >= 4 is 23.4 Å². The van der Waals surface area contributed by atoms with Crippen LogP contribution in [0.4, 0.5) is 0 Å². The predicted molar refractivity (Wildman–Crippen MR) is 78.9 cm³/mol. The topological polar surface area (TPSA) is 81.7 Å². The second-order valence-electron chi connectivity index (χ2n) is 4.86. The normalized spacial score (nSPS) is 16.7. The molecule has 0 unspecified atom stereocenters. The third kappa shape index (κ3) is 4.70. The Labute approximate surface area is 128 Å². The van der Waals surface area contributed by atoms with Gasteiger partial charge in [0, 0.05) is 24.7 Å². The average Bonchev–Trinajstić information content (AvgIpc) is 2.48. The monoisotopic (exact) mass is 311 g/mol. The van der Waals surface area contributed by atoms with Crippen LogP contribution in [0, 0.1) is 0 Å². The second-order valence-corrected chi connectivity index (χ2v) is 5.30. The Morgan fingerprint density at radius 1 is 1.43 bits per heavy atom. The predicted octanol–water partition coefficient (Wildman–Crippen LogP) is -0.0786. The summed E-state index contributed by atoms with van der Waals surface area (Å²) >= 11 is 5.77. The molecule has 1 aliphatic heterocycles. The van der Waals surface area contributed by atoms with E-state index in [0.717, 1.165) is 0 Å². The Bertz CT molecular complexity index is 507. The van der Waals surface area contributed by atoms with Gasteiger partial charge in [0.2, 0.25) is 11.8 Å². The number of amides is 2. The van der Waals surface area contributed by atoms with Gasteiger partial charge >= 0.3 is 0 Å². The van der Waals surface area contributed by atoms with Crippen molar-refractivity contribution in [1.29, 1.82) is 0 Å². The molecular weight excluding hydrogens is 294 g/mol. The van der Waals surface area contributed by atoms with Crippen molar-refractivity contribution in [3.63, 3.8) is 0 Å². The fourth-order valence-corrected chi connectivity index (χ4v) is 2.18. The van der Waals surface area contributed by atoms with Crippen LogP contribution in [-0.2, 0) is 9.59 Å². The van der Waals surface area contributed by atoms with Crippen LogP contribution in [0.15, 0.2) is 24.3 Å². The number of nitrogens with zero attached hydrogens (tertiary/aromatic N) is 1. The number of rotatable bonds is 5. The van der Waals surface area contributed by atoms with Crippen molar-refractivity contribution < 1.29 is 14.7 Å². The van der Waals surface area contributed by atoms with E-state index in [9.17, 15) is 14.7 Å². The number of aliphatic hydroxyl groups is 1. The lowest BCUT2D eigenvalue weighted by Gasteiger charge is -2.26. The third-order valence-corrected chi connectivity index (χ3v) is 3.52. The molecule has 6 nitrogen and oxygen atoms in total. The summed E-state index contributed by atoms with van der Waals surface area (Å²) in [7, 11) is 0. The van der Waals surface area contributed by atoms with Crippen molar-refractivity contribution in [2.75, 3.05) is 32.7 Å². The molecule has 0 spiro atoms. The van der Waals surface area contributed by atoms with Gasteiger partial charge in [0.15, 0.2) is 0 Å². The fraction of sp³-hybridized carbons (Fsp3) is 0.429. The summed E-state index contributed by atoms with van der Waals surface area (Å²) in [4.78, 5) is 24.8. The molecule has 2 rings (SSSR count). The van der Waals surface area contributed by atoms with Crippen LogP contribution in [0.5, 0.6) is 0 Å². The van der Waals surface area contributed by atoms with Crippen LogP contribution in [0.2, 0.25) is 5.02 Å². The summed E-state index contributed by atoms with van der Waals surface area (Å²) in [6.07, 6.45) is -0.801. The molecule has 1 heterocycles. The summed E-state index contributed by atoms with van der Waals surface area (Å²) in [5.74, 6) is -0.368. The minimum atomic E-state index is -0.801. The molecule has 0 bridgehead atoms. The zero-order valence-electron chi connectivity index (χ0n) is 11.5. The zero-order valence-corrected chi connectivity index (χ0v) is 12.3. The van der Waals surface area contributed by atoms with E-state index in [1.165, 1.54) is 4.90 Å². The fourth-order valence-electron chi connectivity index (χ4n) is 2.06. The molecule has 1 atom stereocenters. The third-order valence-electron chi connectivity index (χ3n) is 3.27. The maximum atomic E-state index is 11.8. The highest BCUT2D eigenvalue weighted by molar-refractivity contribution is 6.30. The van der Waals surface area contributed by atoms with Gasteiger partial charge in [0.25, 0.3) is 0 Å². The van der Waals surface area contributed by atoms with Crippen LogP contribution in [0.25, 0.3) is 0 Å². The minimum absolute atomic E-state index is 0.0217. The quantitative estimate of drug-likeness (QED) is 0.710. The largest absolute Gasteiger partial charge is 0.387 e. The molecule has 0 aliphatic carbocycles. The molecule has 7 heteroatoms. The first kappa shape index (κ1) is 15.8. The lowest BCUT2D eigenvalue weighted by atomic mass is 10.1. The number of benzene rings is 1. The van der Waals surface area contributed by atoms with E-state index in [1.54, 1.807) is 24.3 Å². The van der Waals surface area contributed by atoms with E-state index in [0.29, 0.717) is 23.7 Å². The Morgan fingerprint density at radius 2 is 2.14 bits per heavy atom. The van der Waals surface area contributed by atoms with Gasteiger partial charge in [0.1, 0.15) is 0 Å². The number of halogens is 1. The standard InChI is InChI=1S/C14H18ClN3O3/c15-11-3-1-10(2-4-11)12(19)7-17-13(20)9-18-6-5-16-8-14(18)21/h1-4,12,16,19H,5-9H2,(H,17,20)/t12-/m0/s1. The number of nitrogens with one attached hydrogen (secondary N) is 2. The van der Waals surface area contributed by atoms with Gasteiger partial charge in [-0.15, -0.1) is 0 Å². The van der Waals surface area contributed by atoms with E-state index in [1.807, 2.05) is 0 Å². The summed E-state index contributed by atoms with van der Waals surface area (Å²) in [5.41, 5.74) is 0.679. The Kier molecular flexibility index (Phi) is 5.55. The first-order chi connectivity index (χ1) is 10.1. The number of hydrogen-bond donors (Lipinski definition) is 3. The van der Waals surface area contributed by atoms with E-state index in [2.05, 4.69) is 10.6 Å². The molecule has 1 aromatic carbocycles. The van der Waals surface area contributed by atoms with Gasteiger partial charge in [-0.25, -0.2) is 0 Å². The number of hydrogen-bond acceptors (Lipinski definition) is 4. The summed E-state index contributed by atoms with van der Waals surface area (Å²) in [5, 5.41) is 16.1. The molecule has 0 radical (unpaired) electrons. The van der Waals surface area contributed by atoms with Crippen LogP contribution < -0.4 is 10.6 Å². The molecule has 21 heavy (non-hydrogen) atoms. The maximum Gasteiger partial charge on any atom is 0.239 e. The smallest absolute Gasteiger partial charge is 0.239 e. The van der Waals surface area contributed by atoms with Gasteiger partial charge in [-0.2, -0.15) is 0 Å². The molecule has 1 aromatic rings. The molecule has 114 valence electrons. The van der Waals surface area contributed by atoms with E-state index < -0.39 is 6.10 Å². The van der Waals surface area contributed by atoms with Crippen molar-refractivity contribution in [1.82, 2.24) is 15.5 Å². The lowest BCUT2D eigenvalue weighted by molar-refractivity contribution is -0.136. The van der Waals surface area contributed by atoms with Crippen molar-refractivity contribution in [2.45, 2.75) is 6.10 Å². The van der Waals surface area contributed by atoms with Crippen LogP contribution in [0.1, 0.15) is 11.7 Å². The van der Waals surface area contributed by atoms with Crippen molar-refractivity contribution in [2.24, 2.45) is 0 Å². The second kappa shape index (κ2) is 7.40. The Morgan fingerprint density at radius 3 is 2.81 bits per heavy atom. The summed E-state index contributed by atoms with van der Waals surface area (Å²) in [6.45, 7) is 1.59. The van der Waals surface area contributed by atoms with Gasteiger partial charge in [-0.05, 0) is 17.7 Å². The highest BCUT2D eigenvalue weighted by atomic mass is 35.5. The summed E-state index contributed by atoms with van der Waals surface area (Å²) < 4.78 is 0. The van der Waals surface area contributed by atoms with Gasteiger partial charge in [-0.3, -0.25) is 9.59 Å². The van der Waals surface area contributed by atoms with Gasteiger partial charge in [-0.1, -0.05) is 23.7 Å². The molecular formula is C14H18ClN3O3. The number of piperazine rings is 1. The van der Waals surface area contributed by atoms with E-state index >= 15 is 0 Å². The molecule has 1 fully saturated rings. The average molecular weight is 312 g/mol. The molecule has 0 aromatic heterocycles. The highest BCUT2D eigenvalue weighted by Crippen LogP contribution is 2.15. The van der Waals surface area contributed by atoms with Crippen LogP contribution >= 0.6 is 11.6 Å². The number of aliphatic hydroxyl groups excluding tert-OH is 1. The maximum absolute atomic E-state index is 11.8. The van der Waals surface area contributed by atoms with Crippen molar-refractivity contribution in [3.8, 4) is 0 Å². The minimum Gasteiger partial charge on any atom is -0.387 e.